The summed E-state index contributed by atoms with van der Waals surface area (Å²) in [6.45, 7) is 3.17. The summed E-state index contributed by atoms with van der Waals surface area (Å²) in [5.74, 6) is 0.523. The van der Waals surface area contributed by atoms with Crippen LogP contribution in [0, 0.1) is 5.92 Å². The average molecular weight is 431 g/mol. The molecule has 0 saturated carbocycles. The summed E-state index contributed by atoms with van der Waals surface area (Å²) < 4.78 is 5.80. The van der Waals surface area contributed by atoms with Crippen LogP contribution in [0.3, 0.4) is 0 Å². The van der Waals surface area contributed by atoms with Crippen LogP contribution in [-0.4, -0.2) is 36.7 Å². The summed E-state index contributed by atoms with van der Waals surface area (Å²) in [4.78, 5) is 14.9. The van der Waals surface area contributed by atoms with Crippen molar-refractivity contribution >= 4 is 29.3 Å². The number of fused-ring (bicyclic) bond motifs is 4. The zero-order chi connectivity index (χ0) is 20.0. The Bertz CT molecular complexity index is 940. The second-order valence-electron chi connectivity index (χ2n) is 8.36. The average Bonchev–Trinajstić information content (AvgIpc) is 3.13. The third kappa shape index (κ3) is 3.86. The van der Waals surface area contributed by atoms with E-state index in [2.05, 4.69) is 28.4 Å². The molecule has 3 heterocycles. The number of rotatable bonds is 3. The fourth-order valence-corrected chi connectivity index (χ4v) is 5.28. The Morgan fingerprint density at radius 2 is 1.76 bits per heavy atom. The standard InChI is InChI=1S/C23H24Cl2N2O2/c24-19-5-2-16(12-20(19)25)15-1-4-18-17(11-15)3-6-21(18)26-23(28)29-22-13-27-9-7-14(22)8-10-27/h1-2,4-5,11-12,14,21-22H,3,6-10,13H2,(H,26,28)/t21?,22-/m1/s1. The van der Waals surface area contributed by atoms with Crippen molar-refractivity contribution in [2.75, 3.05) is 19.6 Å². The van der Waals surface area contributed by atoms with Crippen LogP contribution in [-0.2, 0) is 11.2 Å². The zero-order valence-corrected chi connectivity index (χ0v) is 17.7. The van der Waals surface area contributed by atoms with E-state index in [1.165, 1.54) is 11.1 Å². The molecule has 29 heavy (non-hydrogen) atoms. The molecule has 3 aliphatic heterocycles. The lowest BCUT2D eigenvalue weighted by molar-refractivity contribution is -0.0339. The van der Waals surface area contributed by atoms with Crippen LogP contribution in [0.2, 0.25) is 10.0 Å². The number of aryl methyl sites for hydroxylation is 1. The van der Waals surface area contributed by atoms with Crippen molar-refractivity contribution in [3.8, 4) is 11.1 Å². The maximum Gasteiger partial charge on any atom is 0.407 e. The number of halogens is 2. The minimum Gasteiger partial charge on any atom is -0.445 e. The molecule has 1 amide bonds. The summed E-state index contributed by atoms with van der Waals surface area (Å²) in [5, 5.41) is 4.21. The molecule has 3 saturated heterocycles. The van der Waals surface area contributed by atoms with Gasteiger partial charge in [-0.3, -0.25) is 4.90 Å². The minimum atomic E-state index is -0.282. The van der Waals surface area contributed by atoms with Crippen LogP contribution in [0.4, 0.5) is 4.79 Å². The number of carbonyl (C=O) groups excluding carboxylic acids is 1. The van der Waals surface area contributed by atoms with Crippen LogP contribution in [0.5, 0.6) is 0 Å². The number of ether oxygens (including phenoxy) is 1. The van der Waals surface area contributed by atoms with E-state index < -0.39 is 0 Å². The molecular weight excluding hydrogens is 407 g/mol. The lowest BCUT2D eigenvalue weighted by atomic mass is 9.86. The number of alkyl carbamates (subject to hydrolysis) is 1. The van der Waals surface area contributed by atoms with Gasteiger partial charge in [-0.2, -0.15) is 0 Å². The van der Waals surface area contributed by atoms with Crippen LogP contribution in [0.15, 0.2) is 36.4 Å². The molecule has 152 valence electrons. The van der Waals surface area contributed by atoms with E-state index in [9.17, 15) is 4.79 Å². The van der Waals surface area contributed by atoms with E-state index in [1.807, 2.05) is 18.2 Å². The largest absolute Gasteiger partial charge is 0.445 e. The van der Waals surface area contributed by atoms with Crippen molar-refractivity contribution in [1.82, 2.24) is 10.2 Å². The third-order valence-electron chi connectivity index (χ3n) is 6.62. The van der Waals surface area contributed by atoms with Gasteiger partial charge in [-0.05, 0) is 79.1 Å². The monoisotopic (exact) mass is 430 g/mol. The second-order valence-corrected chi connectivity index (χ2v) is 9.17. The number of carbonyl (C=O) groups is 1. The molecule has 6 rings (SSSR count). The van der Waals surface area contributed by atoms with E-state index in [1.54, 1.807) is 0 Å². The molecule has 4 aliphatic rings. The number of hydrogen-bond donors (Lipinski definition) is 1. The van der Waals surface area contributed by atoms with Crippen LogP contribution < -0.4 is 5.32 Å². The highest BCUT2D eigenvalue weighted by molar-refractivity contribution is 6.42. The minimum absolute atomic E-state index is 0.0152. The van der Waals surface area contributed by atoms with Crippen molar-refractivity contribution in [3.63, 3.8) is 0 Å². The van der Waals surface area contributed by atoms with E-state index in [0.29, 0.717) is 16.0 Å². The first-order chi connectivity index (χ1) is 14.1. The molecule has 0 aromatic heterocycles. The first kappa shape index (κ1) is 19.2. The number of benzene rings is 2. The number of hydrogen-bond acceptors (Lipinski definition) is 3. The maximum absolute atomic E-state index is 12.5. The number of amides is 1. The van der Waals surface area contributed by atoms with E-state index in [-0.39, 0.29) is 18.2 Å². The van der Waals surface area contributed by atoms with Gasteiger partial charge >= 0.3 is 6.09 Å². The van der Waals surface area contributed by atoms with Crippen molar-refractivity contribution in [2.45, 2.75) is 37.8 Å². The van der Waals surface area contributed by atoms with Gasteiger partial charge in [0.2, 0.25) is 0 Å². The van der Waals surface area contributed by atoms with Crippen molar-refractivity contribution in [3.05, 3.63) is 57.6 Å². The van der Waals surface area contributed by atoms with Gasteiger partial charge in [0.05, 0.1) is 16.1 Å². The Balaban J connectivity index is 1.26. The van der Waals surface area contributed by atoms with Crippen LogP contribution >= 0.6 is 23.2 Å². The van der Waals surface area contributed by atoms with E-state index >= 15 is 0 Å². The highest BCUT2D eigenvalue weighted by Crippen LogP contribution is 2.36. The molecule has 1 N–H and O–H groups in total. The summed E-state index contributed by atoms with van der Waals surface area (Å²) in [6, 6.07) is 12.1. The first-order valence-corrected chi connectivity index (χ1v) is 11.1. The number of nitrogens with zero attached hydrogens (tertiary/aromatic N) is 1. The molecule has 2 atom stereocenters. The smallest absolute Gasteiger partial charge is 0.407 e. The third-order valence-corrected chi connectivity index (χ3v) is 7.36. The molecule has 2 bridgehead atoms. The molecule has 6 heteroatoms. The Labute approximate surface area is 181 Å². The fraction of sp³-hybridized carbons (Fsp3) is 0.435. The Kier molecular flexibility index (Phi) is 5.19. The van der Waals surface area contributed by atoms with E-state index in [0.717, 1.165) is 56.4 Å². The molecular formula is C23H24Cl2N2O2. The first-order valence-electron chi connectivity index (χ1n) is 10.3. The van der Waals surface area contributed by atoms with Crippen molar-refractivity contribution < 1.29 is 9.53 Å². The fourth-order valence-electron chi connectivity index (χ4n) is 4.98. The predicted molar refractivity (Wildman–Crippen MR) is 116 cm³/mol. The molecule has 2 aromatic carbocycles. The van der Waals surface area contributed by atoms with Crippen LogP contribution in [0.1, 0.15) is 36.4 Å². The summed E-state index contributed by atoms with van der Waals surface area (Å²) in [7, 11) is 0. The molecule has 4 nitrogen and oxygen atoms in total. The van der Waals surface area contributed by atoms with Crippen molar-refractivity contribution in [1.29, 1.82) is 0 Å². The second kappa shape index (κ2) is 7.82. The van der Waals surface area contributed by atoms with Gasteiger partial charge in [-0.15, -0.1) is 0 Å². The Hall–Kier alpha value is -1.75. The molecule has 3 fully saturated rings. The lowest BCUT2D eigenvalue weighted by Gasteiger charge is -2.43. The van der Waals surface area contributed by atoms with Gasteiger partial charge in [0, 0.05) is 6.54 Å². The van der Waals surface area contributed by atoms with Gasteiger partial charge in [-0.1, -0.05) is 47.5 Å². The summed E-state index contributed by atoms with van der Waals surface area (Å²) in [6.07, 6.45) is 3.87. The van der Waals surface area contributed by atoms with Gasteiger partial charge in [0.1, 0.15) is 6.10 Å². The quantitative estimate of drug-likeness (QED) is 0.701. The summed E-state index contributed by atoms with van der Waals surface area (Å²) in [5.41, 5.74) is 4.60. The molecule has 2 aromatic rings. The van der Waals surface area contributed by atoms with Gasteiger partial charge in [0.25, 0.3) is 0 Å². The van der Waals surface area contributed by atoms with Crippen molar-refractivity contribution in [2.24, 2.45) is 5.92 Å². The number of nitrogens with one attached hydrogen (secondary N) is 1. The predicted octanol–water partition coefficient (Wildman–Crippen LogP) is 5.47. The van der Waals surface area contributed by atoms with Gasteiger partial charge < -0.3 is 10.1 Å². The SMILES string of the molecule is O=C(NC1CCc2cc(-c3ccc(Cl)c(Cl)c3)ccc21)O[C@@H]1CN2CCC1CC2. The highest BCUT2D eigenvalue weighted by atomic mass is 35.5. The van der Waals surface area contributed by atoms with Gasteiger partial charge in [-0.25, -0.2) is 4.79 Å². The van der Waals surface area contributed by atoms with Gasteiger partial charge in [0.15, 0.2) is 0 Å². The summed E-state index contributed by atoms with van der Waals surface area (Å²) >= 11 is 12.2. The molecule has 1 aliphatic carbocycles. The Morgan fingerprint density at radius 3 is 2.48 bits per heavy atom. The Morgan fingerprint density at radius 1 is 1.00 bits per heavy atom. The maximum atomic E-state index is 12.5. The highest BCUT2D eigenvalue weighted by Gasteiger charge is 2.37. The normalized spacial score (nSPS) is 27.5. The number of piperidine rings is 3. The molecule has 1 unspecified atom stereocenters. The lowest BCUT2D eigenvalue weighted by Crippen LogP contribution is -2.52. The molecule has 0 spiro atoms. The van der Waals surface area contributed by atoms with Crippen LogP contribution in [0.25, 0.3) is 11.1 Å². The van der Waals surface area contributed by atoms with E-state index in [4.69, 9.17) is 27.9 Å². The topological polar surface area (TPSA) is 41.6 Å². The molecule has 0 radical (unpaired) electrons. The zero-order valence-electron chi connectivity index (χ0n) is 16.2.